The molecule has 6 nitrogen and oxygen atoms in total. The number of unbranched alkanes of at least 4 members (excludes halogenated alkanes) is 43. The maximum atomic E-state index is 12.9. The summed E-state index contributed by atoms with van der Waals surface area (Å²) >= 11 is 0. The lowest BCUT2D eigenvalue weighted by molar-refractivity contribution is -0.167. The fourth-order valence-electron chi connectivity index (χ4n) is 10.1. The number of hydrogen-bond acceptors (Lipinski definition) is 6. The largest absolute Gasteiger partial charge is 0.462 e. The van der Waals surface area contributed by atoms with Gasteiger partial charge in [0.2, 0.25) is 0 Å². The molecule has 0 bridgehead atoms. The Kier molecular flexibility index (Phi) is 56.4. The molecule has 2 atom stereocenters. The van der Waals surface area contributed by atoms with Crippen LogP contribution >= 0.6 is 0 Å². The highest BCUT2D eigenvalue weighted by Crippen LogP contribution is 2.19. The molecule has 0 fully saturated rings. The minimum absolute atomic E-state index is 0.0622. The molecule has 0 radical (unpaired) electrons. The highest BCUT2D eigenvalue weighted by Gasteiger charge is 2.19. The van der Waals surface area contributed by atoms with E-state index in [1.807, 2.05) is 0 Å². The summed E-state index contributed by atoms with van der Waals surface area (Å²) in [6.45, 7) is 11.5. The van der Waals surface area contributed by atoms with Crippen LogP contribution in [0.15, 0.2) is 0 Å². The fraction of sp³-hybridized carbons (Fsp3) is 0.954. The monoisotopic (exact) mass is 1000 g/mol. The topological polar surface area (TPSA) is 78.9 Å². The van der Waals surface area contributed by atoms with Crippen LogP contribution in [0, 0.1) is 11.8 Å². The van der Waals surface area contributed by atoms with E-state index in [2.05, 4.69) is 34.6 Å². The molecule has 0 aromatic carbocycles. The molecule has 0 saturated heterocycles. The highest BCUT2D eigenvalue weighted by molar-refractivity contribution is 5.71. The molecule has 0 rings (SSSR count). The third-order valence-corrected chi connectivity index (χ3v) is 15.3. The molecule has 6 heteroatoms. The molecule has 0 aliphatic rings. The second kappa shape index (κ2) is 57.7. The van der Waals surface area contributed by atoms with Crippen LogP contribution in [0.1, 0.15) is 369 Å². The lowest BCUT2D eigenvalue weighted by Gasteiger charge is -2.18. The van der Waals surface area contributed by atoms with E-state index in [4.69, 9.17) is 14.2 Å². The Morgan fingerprint density at radius 2 is 0.535 bits per heavy atom. The van der Waals surface area contributed by atoms with E-state index in [-0.39, 0.29) is 31.1 Å². The molecule has 71 heavy (non-hydrogen) atoms. The molecule has 0 spiro atoms. The molecule has 1 unspecified atom stereocenters. The number of ether oxygens (including phenoxy) is 3. The zero-order valence-corrected chi connectivity index (χ0v) is 48.9. The van der Waals surface area contributed by atoms with Crippen molar-refractivity contribution < 1.29 is 28.6 Å². The van der Waals surface area contributed by atoms with Gasteiger partial charge in [0.05, 0.1) is 0 Å². The maximum absolute atomic E-state index is 12.9. The average Bonchev–Trinajstić information content (AvgIpc) is 3.36. The number of carbonyl (C=O) groups excluding carboxylic acids is 3. The van der Waals surface area contributed by atoms with E-state index in [0.717, 1.165) is 69.6 Å². The summed E-state index contributed by atoms with van der Waals surface area (Å²) in [6, 6.07) is 0. The summed E-state index contributed by atoms with van der Waals surface area (Å²) in [5.41, 5.74) is 0. The SMILES string of the molecule is CCCCCCCCCCCCCCCCCCCCCC(=O)O[C@@H](COC(=O)CCCCCCCCCCCCCCCCCCCCC(C)CC)COC(=O)CCCCCCCCCCCC(C)C. The Labute approximate surface area is 444 Å². The molecule has 0 N–H and O–H groups in total. The fourth-order valence-corrected chi connectivity index (χ4v) is 10.1. The first kappa shape index (κ1) is 69.4. The zero-order chi connectivity index (χ0) is 51.8. The van der Waals surface area contributed by atoms with Gasteiger partial charge < -0.3 is 14.2 Å². The van der Waals surface area contributed by atoms with Crippen molar-refractivity contribution in [3.8, 4) is 0 Å². The van der Waals surface area contributed by atoms with Gasteiger partial charge in [0, 0.05) is 19.3 Å². The van der Waals surface area contributed by atoms with Crippen LogP contribution < -0.4 is 0 Å². The van der Waals surface area contributed by atoms with Gasteiger partial charge in [-0.2, -0.15) is 0 Å². The van der Waals surface area contributed by atoms with E-state index < -0.39 is 6.10 Å². The van der Waals surface area contributed by atoms with Gasteiger partial charge in [0.25, 0.3) is 0 Å². The van der Waals surface area contributed by atoms with Crippen LogP contribution in [0.5, 0.6) is 0 Å². The van der Waals surface area contributed by atoms with Crippen LogP contribution in [0.25, 0.3) is 0 Å². The van der Waals surface area contributed by atoms with Crippen LogP contribution in [0.3, 0.4) is 0 Å². The summed E-state index contributed by atoms with van der Waals surface area (Å²) in [5.74, 6) is 0.885. The normalized spacial score (nSPS) is 12.4. The highest BCUT2D eigenvalue weighted by atomic mass is 16.6. The summed E-state index contributed by atoms with van der Waals surface area (Å²) in [6.07, 6.45) is 63.9. The molecule has 0 amide bonds. The van der Waals surface area contributed by atoms with Gasteiger partial charge in [-0.3, -0.25) is 14.4 Å². The Morgan fingerprint density at radius 3 is 0.803 bits per heavy atom. The van der Waals surface area contributed by atoms with Gasteiger partial charge >= 0.3 is 17.9 Å². The third kappa shape index (κ3) is 57.5. The van der Waals surface area contributed by atoms with Gasteiger partial charge in [-0.25, -0.2) is 0 Å². The van der Waals surface area contributed by atoms with Gasteiger partial charge in [-0.1, -0.05) is 330 Å². The van der Waals surface area contributed by atoms with Crippen molar-refractivity contribution in [2.45, 2.75) is 375 Å². The smallest absolute Gasteiger partial charge is 0.306 e. The van der Waals surface area contributed by atoms with Crippen molar-refractivity contribution in [1.29, 1.82) is 0 Å². The summed E-state index contributed by atoms with van der Waals surface area (Å²) in [5, 5.41) is 0. The predicted octanol–water partition coefficient (Wildman–Crippen LogP) is 21.6. The second-order valence-electron chi connectivity index (χ2n) is 23.1. The zero-order valence-electron chi connectivity index (χ0n) is 48.9. The van der Waals surface area contributed by atoms with Crippen molar-refractivity contribution in [2.75, 3.05) is 13.2 Å². The van der Waals surface area contributed by atoms with Crippen LogP contribution in [0.2, 0.25) is 0 Å². The molecular formula is C65H126O6. The minimum Gasteiger partial charge on any atom is -0.462 e. The molecule has 0 aliphatic carbocycles. The Balaban J connectivity index is 4.22. The van der Waals surface area contributed by atoms with Crippen LogP contribution in [-0.4, -0.2) is 37.2 Å². The first-order chi connectivity index (χ1) is 34.8. The van der Waals surface area contributed by atoms with Crippen molar-refractivity contribution in [3.63, 3.8) is 0 Å². The van der Waals surface area contributed by atoms with Gasteiger partial charge in [0.15, 0.2) is 6.10 Å². The summed E-state index contributed by atoms with van der Waals surface area (Å²) < 4.78 is 16.9. The van der Waals surface area contributed by atoms with E-state index >= 15 is 0 Å². The summed E-state index contributed by atoms with van der Waals surface area (Å²) in [4.78, 5) is 38.3. The molecular weight excluding hydrogens is 877 g/mol. The Bertz CT molecular complexity index is 1090. The molecule has 422 valence electrons. The molecule has 0 saturated carbocycles. The second-order valence-corrected chi connectivity index (χ2v) is 23.1. The van der Waals surface area contributed by atoms with Crippen molar-refractivity contribution in [1.82, 2.24) is 0 Å². The maximum Gasteiger partial charge on any atom is 0.306 e. The molecule has 0 aromatic heterocycles. The number of rotatable bonds is 59. The van der Waals surface area contributed by atoms with Crippen LogP contribution in [-0.2, 0) is 28.6 Å². The predicted molar refractivity (Wildman–Crippen MR) is 307 cm³/mol. The van der Waals surface area contributed by atoms with Crippen molar-refractivity contribution >= 4 is 17.9 Å². The average molecular weight is 1000 g/mol. The Morgan fingerprint density at radius 1 is 0.296 bits per heavy atom. The van der Waals surface area contributed by atoms with Gasteiger partial charge in [-0.15, -0.1) is 0 Å². The number of esters is 3. The Hall–Kier alpha value is -1.59. The lowest BCUT2D eigenvalue weighted by atomic mass is 9.99. The lowest BCUT2D eigenvalue weighted by Crippen LogP contribution is -2.30. The van der Waals surface area contributed by atoms with Gasteiger partial charge in [-0.05, 0) is 31.1 Å². The first-order valence-corrected chi connectivity index (χ1v) is 32.3. The van der Waals surface area contributed by atoms with E-state index in [1.54, 1.807) is 0 Å². The van der Waals surface area contributed by atoms with E-state index in [0.29, 0.717) is 19.3 Å². The minimum atomic E-state index is -0.764. The summed E-state index contributed by atoms with van der Waals surface area (Å²) in [7, 11) is 0. The molecule has 0 aromatic rings. The van der Waals surface area contributed by atoms with Gasteiger partial charge in [0.1, 0.15) is 13.2 Å². The first-order valence-electron chi connectivity index (χ1n) is 32.3. The molecule has 0 aliphatic heterocycles. The van der Waals surface area contributed by atoms with E-state index in [1.165, 1.54) is 257 Å². The van der Waals surface area contributed by atoms with Crippen molar-refractivity contribution in [2.24, 2.45) is 11.8 Å². The van der Waals surface area contributed by atoms with Crippen LogP contribution in [0.4, 0.5) is 0 Å². The standard InChI is InChI=1S/C65H126O6/c1-6-8-9-10-11-12-13-14-15-16-17-22-25-28-31-36-42-47-52-57-65(68)71-62(59-70-64(67)56-51-46-41-37-32-33-38-43-48-53-60(3)4)58-69-63(66)55-50-45-40-35-30-27-24-21-19-18-20-23-26-29-34-39-44-49-54-61(5)7-2/h60-62H,6-59H2,1-5H3/t61?,62-/m0/s1. The quantitative estimate of drug-likeness (QED) is 0.0343. The number of carbonyl (C=O) groups is 3. The number of hydrogen-bond donors (Lipinski definition) is 0. The van der Waals surface area contributed by atoms with Crippen molar-refractivity contribution in [3.05, 3.63) is 0 Å². The third-order valence-electron chi connectivity index (χ3n) is 15.3. The van der Waals surface area contributed by atoms with E-state index in [9.17, 15) is 14.4 Å². The molecule has 0 heterocycles.